The molecule has 1 unspecified atom stereocenters. The highest BCUT2D eigenvalue weighted by Crippen LogP contribution is 2.31. The molecule has 1 aliphatic rings. The number of fused-ring (bicyclic) bond motifs is 1. The van der Waals surface area contributed by atoms with E-state index in [4.69, 9.17) is 0 Å². The van der Waals surface area contributed by atoms with E-state index in [1.807, 2.05) is 6.92 Å². The van der Waals surface area contributed by atoms with Crippen LogP contribution in [0.15, 0.2) is 42.5 Å². The van der Waals surface area contributed by atoms with Gasteiger partial charge in [0.15, 0.2) is 0 Å². The van der Waals surface area contributed by atoms with Gasteiger partial charge in [-0.2, -0.15) is 0 Å². The van der Waals surface area contributed by atoms with Gasteiger partial charge in [0.1, 0.15) is 11.6 Å². The van der Waals surface area contributed by atoms with Crippen LogP contribution < -0.4 is 10.2 Å². The molecule has 1 N–H and O–H groups in total. The summed E-state index contributed by atoms with van der Waals surface area (Å²) in [5.41, 5.74) is 1.55. The fourth-order valence-corrected chi connectivity index (χ4v) is 3.60. The summed E-state index contributed by atoms with van der Waals surface area (Å²) in [6, 6.07) is 10.4. The van der Waals surface area contributed by atoms with Gasteiger partial charge in [-0.05, 0) is 49.2 Å². The fourth-order valence-electron chi connectivity index (χ4n) is 3.60. The van der Waals surface area contributed by atoms with Crippen LogP contribution in [0.25, 0.3) is 0 Å². The first-order valence-corrected chi connectivity index (χ1v) is 9.93. The minimum absolute atomic E-state index is 0.0221. The fraction of sp³-hybridized carbons (Fsp3) is 0.348. The largest absolute Gasteiger partial charge is 0.352 e. The predicted molar refractivity (Wildman–Crippen MR) is 110 cm³/mol. The molecule has 6 heteroatoms. The summed E-state index contributed by atoms with van der Waals surface area (Å²) in [6.07, 6.45) is 2.17. The van der Waals surface area contributed by atoms with Crippen LogP contribution >= 0.6 is 0 Å². The van der Waals surface area contributed by atoms with Gasteiger partial charge in [-0.15, -0.1) is 0 Å². The maximum absolute atomic E-state index is 14.2. The second kappa shape index (κ2) is 8.99. The third kappa shape index (κ3) is 4.53. The second-order valence-electron chi connectivity index (χ2n) is 7.38. The van der Waals surface area contributed by atoms with Gasteiger partial charge < -0.3 is 10.2 Å². The zero-order chi connectivity index (χ0) is 21.0. The van der Waals surface area contributed by atoms with Crippen LogP contribution in [0.5, 0.6) is 0 Å². The lowest BCUT2D eigenvalue weighted by Crippen LogP contribution is -2.39. The Morgan fingerprint density at radius 2 is 1.97 bits per heavy atom. The second-order valence-corrected chi connectivity index (χ2v) is 7.38. The number of benzene rings is 2. The van der Waals surface area contributed by atoms with Crippen molar-refractivity contribution < 1.29 is 18.8 Å². The molecule has 0 radical (unpaired) electrons. The number of ketones is 1. The van der Waals surface area contributed by atoms with Crippen molar-refractivity contribution in [3.05, 3.63) is 65.0 Å². The zero-order valence-corrected chi connectivity index (χ0v) is 16.7. The highest BCUT2D eigenvalue weighted by Gasteiger charge is 2.32. The molecule has 2 aromatic carbocycles. The van der Waals surface area contributed by atoms with Crippen molar-refractivity contribution in [2.45, 2.75) is 45.6 Å². The lowest BCUT2D eigenvalue weighted by molar-refractivity contribution is -0.118. The molecule has 1 atom stereocenters. The average Bonchev–Trinajstić information content (AvgIpc) is 2.81. The van der Waals surface area contributed by atoms with Gasteiger partial charge >= 0.3 is 0 Å². The summed E-state index contributed by atoms with van der Waals surface area (Å²) in [4.78, 5) is 39.4. The highest BCUT2D eigenvalue weighted by atomic mass is 19.1. The Balaban J connectivity index is 1.98. The lowest BCUT2D eigenvalue weighted by atomic mass is 10.0. The van der Waals surface area contributed by atoms with Crippen LogP contribution in [0.4, 0.5) is 10.1 Å². The van der Waals surface area contributed by atoms with Crippen molar-refractivity contribution in [3.63, 3.8) is 0 Å². The van der Waals surface area contributed by atoms with Crippen LogP contribution in [-0.2, 0) is 11.2 Å². The molecule has 0 bridgehead atoms. The molecular formula is C23H25FN2O3. The monoisotopic (exact) mass is 396 g/mol. The first-order chi connectivity index (χ1) is 13.9. The minimum Gasteiger partial charge on any atom is -0.352 e. The Morgan fingerprint density at radius 3 is 2.69 bits per heavy atom. The van der Waals surface area contributed by atoms with Crippen LogP contribution in [0.1, 0.15) is 59.4 Å². The van der Waals surface area contributed by atoms with E-state index in [1.54, 1.807) is 31.2 Å². The van der Waals surface area contributed by atoms with E-state index >= 15 is 0 Å². The Bertz CT molecular complexity index is 941. The molecule has 0 saturated carbocycles. The van der Waals surface area contributed by atoms with Crippen LogP contribution in [-0.4, -0.2) is 30.2 Å². The number of halogens is 1. The molecule has 2 aromatic rings. The van der Waals surface area contributed by atoms with E-state index in [0.717, 1.165) is 12.8 Å². The molecule has 29 heavy (non-hydrogen) atoms. The van der Waals surface area contributed by atoms with Gasteiger partial charge in [0.25, 0.3) is 11.8 Å². The van der Waals surface area contributed by atoms with Crippen LogP contribution in [0.2, 0.25) is 0 Å². The first-order valence-electron chi connectivity index (χ1n) is 9.93. The Labute approximate surface area is 169 Å². The number of unbranched alkanes of at least 4 members (excludes halogenated alkanes) is 1. The van der Waals surface area contributed by atoms with Gasteiger partial charge in [-0.1, -0.05) is 25.5 Å². The van der Waals surface area contributed by atoms with Crippen molar-refractivity contribution in [1.29, 1.82) is 0 Å². The quantitative estimate of drug-likeness (QED) is 0.780. The average molecular weight is 396 g/mol. The maximum Gasteiger partial charge on any atom is 0.261 e. The normalized spacial score (nSPS) is 16.2. The van der Waals surface area contributed by atoms with Crippen molar-refractivity contribution in [1.82, 2.24) is 5.32 Å². The Hall–Kier alpha value is -3.02. The third-order valence-corrected chi connectivity index (χ3v) is 5.09. The van der Waals surface area contributed by atoms with Gasteiger partial charge in [0.05, 0.1) is 5.56 Å². The highest BCUT2D eigenvalue weighted by molar-refractivity contribution is 6.08. The zero-order valence-electron chi connectivity index (χ0n) is 16.7. The Morgan fingerprint density at radius 1 is 1.21 bits per heavy atom. The molecule has 2 amide bonds. The Kier molecular flexibility index (Phi) is 6.42. The number of hydrogen-bond donors (Lipinski definition) is 1. The van der Waals surface area contributed by atoms with Gasteiger partial charge in [-0.25, -0.2) is 4.39 Å². The molecule has 1 aliphatic heterocycles. The summed E-state index contributed by atoms with van der Waals surface area (Å²) in [6.45, 7) is 4.40. The van der Waals surface area contributed by atoms with Gasteiger partial charge in [-0.3, -0.25) is 14.4 Å². The lowest BCUT2D eigenvalue weighted by Gasteiger charge is -2.29. The molecule has 5 nitrogen and oxygen atoms in total. The number of carbonyl (C=O) groups is 3. The number of Topliss-reactive ketones (excluding diaryl/α,β-unsaturated/α-hetero) is 1. The van der Waals surface area contributed by atoms with E-state index in [-0.39, 0.29) is 30.1 Å². The summed E-state index contributed by atoms with van der Waals surface area (Å²) >= 11 is 0. The molecule has 0 aromatic heterocycles. The van der Waals surface area contributed by atoms with Gasteiger partial charge in [0, 0.05) is 36.7 Å². The van der Waals surface area contributed by atoms with E-state index in [9.17, 15) is 18.8 Å². The third-order valence-electron chi connectivity index (χ3n) is 5.09. The van der Waals surface area contributed by atoms with E-state index in [1.165, 1.54) is 23.1 Å². The summed E-state index contributed by atoms with van der Waals surface area (Å²) in [7, 11) is 0. The van der Waals surface area contributed by atoms with Gasteiger partial charge in [0.2, 0.25) is 0 Å². The molecule has 152 valence electrons. The molecule has 0 spiro atoms. The van der Waals surface area contributed by atoms with Crippen LogP contribution in [0, 0.1) is 5.82 Å². The predicted octanol–water partition coefficient (Wildman–Crippen LogP) is 3.91. The molecule has 3 rings (SSSR count). The summed E-state index contributed by atoms with van der Waals surface area (Å²) in [5, 5.41) is 2.86. The summed E-state index contributed by atoms with van der Waals surface area (Å²) in [5.74, 6) is -1.33. The number of carbonyl (C=O) groups excluding carboxylic acids is 3. The molecule has 1 heterocycles. The van der Waals surface area contributed by atoms with Crippen LogP contribution in [0.3, 0.4) is 0 Å². The minimum atomic E-state index is -0.603. The topological polar surface area (TPSA) is 66.5 Å². The number of anilines is 1. The number of amides is 2. The van der Waals surface area contributed by atoms with E-state index in [0.29, 0.717) is 23.4 Å². The number of hydrogen-bond acceptors (Lipinski definition) is 3. The molecule has 0 fully saturated rings. The number of rotatable bonds is 5. The summed E-state index contributed by atoms with van der Waals surface area (Å²) < 4.78 is 14.2. The first kappa shape index (κ1) is 20.7. The van der Waals surface area contributed by atoms with Crippen molar-refractivity contribution in [3.8, 4) is 0 Å². The maximum atomic E-state index is 14.2. The van der Waals surface area contributed by atoms with Crippen molar-refractivity contribution in [2.24, 2.45) is 0 Å². The van der Waals surface area contributed by atoms with E-state index in [2.05, 4.69) is 5.32 Å². The number of nitrogens with one attached hydrogen (secondary N) is 1. The molecule has 0 aliphatic carbocycles. The standard InChI is InChI=1S/C23H25FN2O3/c1-3-4-11-25-22(28)16-9-10-21-17(13-16)14-18(27)12-15(2)26(21)23(29)19-7-5-6-8-20(19)24/h5-10,13,15H,3-4,11-12,14H2,1-2H3,(H,25,28). The SMILES string of the molecule is CCCCNC(=O)c1ccc2c(c1)CC(=O)CC(C)N2C(=O)c1ccccc1F. The number of nitrogens with zero attached hydrogens (tertiary/aromatic N) is 1. The van der Waals surface area contributed by atoms with Crippen molar-refractivity contribution in [2.75, 3.05) is 11.4 Å². The molecular weight excluding hydrogens is 371 g/mol. The smallest absolute Gasteiger partial charge is 0.261 e. The van der Waals surface area contributed by atoms with Crippen molar-refractivity contribution >= 4 is 23.3 Å². The van der Waals surface area contributed by atoms with E-state index < -0.39 is 17.8 Å². The molecule has 0 saturated heterocycles.